The Kier molecular flexibility index (Phi) is 5.84. The van der Waals surface area contributed by atoms with Crippen molar-refractivity contribution in [2.75, 3.05) is 20.3 Å². The van der Waals surface area contributed by atoms with Gasteiger partial charge in [0.25, 0.3) is 5.91 Å². The summed E-state index contributed by atoms with van der Waals surface area (Å²) in [5.41, 5.74) is -0.0887. The van der Waals surface area contributed by atoms with Crippen LogP contribution in [0.3, 0.4) is 0 Å². The van der Waals surface area contributed by atoms with Gasteiger partial charge in [-0.05, 0) is 12.1 Å². The minimum atomic E-state index is -1.18. The Morgan fingerprint density at radius 3 is 2.80 bits per heavy atom. The summed E-state index contributed by atoms with van der Waals surface area (Å²) in [5, 5.41) is 19.9. The zero-order valence-electron chi connectivity index (χ0n) is 10.9. The molecule has 0 bridgehead atoms. The number of carboxylic acid groups (broad SMARTS) is 1. The fraction of sp³-hybridized carbons (Fsp3) is 0.308. The standard InChI is InChI=1S/C13H14N2O5/c1-19-10-5-2-4-9(13(17)18)12(10)20-8-11(16)15-7-3-6-14/h2,4-5H,3,7-8H2,1H3,(H,15,16)(H,17,18). The average molecular weight is 278 g/mol. The summed E-state index contributed by atoms with van der Waals surface area (Å²) in [6.45, 7) is -0.136. The van der Waals surface area contributed by atoms with Gasteiger partial charge in [0.05, 0.1) is 19.6 Å². The van der Waals surface area contributed by atoms with Crippen LogP contribution in [-0.4, -0.2) is 37.2 Å². The van der Waals surface area contributed by atoms with Crippen molar-refractivity contribution in [3.63, 3.8) is 0 Å². The molecule has 7 nitrogen and oxygen atoms in total. The van der Waals surface area contributed by atoms with Crippen molar-refractivity contribution in [2.45, 2.75) is 6.42 Å². The molecule has 0 atom stereocenters. The van der Waals surface area contributed by atoms with E-state index in [4.69, 9.17) is 19.8 Å². The Hall–Kier alpha value is -2.75. The first-order valence-electron chi connectivity index (χ1n) is 5.77. The van der Waals surface area contributed by atoms with Crippen molar-refractivity contribution in [3.05, 3.63) is 23.8 Å². The fourth-order valence-electron chi connectivity index (χ4n) is 1.44. The lowest BCUT2D eigenvalue weighted by molar-refractivity contribution is -0.123. The lowest BCUT2D eigenvalue weighted by Gasteiger charge is -2.12. The summed E-state index contributed by atoms with van der Waals surface area (Å²) in [6.07, 6.45) is 0.195. The number of nitrogens with zero attached hydrogens (tertiary/aromatic N) is 1. The summed E-state index contributed by atoms with van der Waals surface area (Å²) in [5.74, 6) is -1.39. The smallest absolute Gasteiger partial charge is 0.339 e. The number of hydrogen-bond donors (Lipinski definition) is 2. The van der Waals surface area contributed by atoms with Crippen molar-refractivity contribution in [2.24, 2.45) is 0 Å². The molecule has 1 amide bonds. The third kappa shape index (κ3) is 4.17. The molecule has 1 aromatic rings. The Labute approximate surface area is 115 Å². The number of methoxy groups -OCH3 is 1. The van der Waals surface area contributed by atoms with Crippen molar-refractivity contribution in [1.82, 2.24) is 5.32 Å². The lowest BCUT2D eigenvalue weighted by Crippen LogP contribution is -2.29. The van der Waals surface area contributed by atoms with Gasteiger partial charge in [-0.3, -0.25) is 4.79 Å². The first-order chi connectivity index (χ1) is 9.60. The SMILES string of the molecule is COc1cccc(C(=O)O)c1OCC(=O)NCCC#N. The van der Waals surface area contributed by atoms with E-state index in [-0.39, 0.29) is 36.6 Å². The van der Waals surface area contributed by atoms with Gasteiger partial charge in [-0.1, -0.05) is 6.07 Å². The van der Waals surface area contributed by atoms with E-state index in [1.54, 1.807) is 0 Å². The molecule has 2 N–H and O–H groups in total. The molecule has 0 saturated carbocycles. The summed E-state index contributed by atoms with van der Waals surface area (Å²) in [7, 11) is 1.38. The van der Waals surface area contributed by atoms with Crippen LogP contribution in [0, 0.1) is 11.3 Å². The van der Waals surface area contributed by atoms with Crippen LogP contribution in [0.15, 0.2) is 18.2 Å². The predicted octanol–water partition coefficient (Wildman–Crippen LogP) is 0.802. The number of nitriles is 1. The first-order valence-corrected chi connectivity index (χ1v) is 5.77. The molecule has 0 radical (unpaired) electrons. The maximum atomic E-state index is 11.4. The summed E-state index contributed by atoms with van der Waals surface area (Å²) in [6, 6.07) is 6.29. The van der Waals surface area contributed by atoms with Gasteiger partial charge in [0.1, 0.15) is 5.56 Å². The van der Waals surface area contributed by atoms with Gasteiger partial charge < -0.3 is 19.9 Å². The molecule has 1 aromatic carbocycles. The van der Waals surface area contributed by atoms with E-state index in [2.05, 4.69) is 5.32 Å². The van der Waals surface area contributed by atoms with E-state index < -0.39 is 11.9 Å². The molecule has 0 aliphatic heterocycles. The quantitative estimate of drug-likeness (QED) is 0.714. The van der Waals surface area contributed by atoms with Gasteiger partial charge in [0.2, 0.25) is 0 Å². The number of carboxylic acids is 1. The molecule has 20 heavy (non-hydrogen) atoms. The van der Waals surface area contributed by atoms with E-state index in [0.717, 1.165) is 0 Å². The molecule has 0 heterocycles. The van der Waals surface area contributed by atoms with Crippen molar-refractivity contribution in [1.29, 1.82) is 5.26 Å². The van der Waals surface area contributed by atoms with Gasteiger partial charge in [-0.25, -0.2) is 4.79 Å². The van der Waals surface area contributed by atoms with Gasteiger partial charge in [0.15, 0.2) is 18.1 Å². The summed E-state index contributed by atoms with van der Waals surface area (Å²) >= 11 is 0. The number of benzene rings is 1. The number of ether oxygens (including phenoxy) is 2. The van der Waals surface area contributed by atoms with Crippen LogP contribution < -0.4 is 14.8 Å². The highest BCUT2D eigenvalue weighted by molar-refractivity contribution is 5.92. The van der Waals surface area contributed by atoms with Crippen LogP contribution in [0.1, 0.15) is 16.8 Å². The number of hydrogen-bond acceptors (Lipinski definition) is 5. The number of carbonyl (C=O) groups is 2. The van der Waals surface area contributed by atoms with E-state index in [1.165, 1.54) is 25.3 Å². The molecule has 0 aliphatic rings. The fourth-order valence-corrected chi connectivity index (χ4v) is 1.44. The minimum Gasteiger partial charge on any atom is -0.493 e. The summed E-state index contributed by atoms with van der Waals surface area (Å²) < 4.78 is 10.2. The second-order valence-electron chi connectivity index (χ2n) is 3.69. The van der Waals surface area contributed by atoms with Crippen molar-refractivity contribution < 1.29 is 24.2 Å². The highest BCUT2D eigenvalue weighted by Gasteiger charge is 2.17. The lowest BCUT2D eigenvalue weighted by atomic mass is 10.2. The van der Waals surface area contributed by atoms with Gasteiger partial charge in [-0.2, -0.15) is 5.26 Å². The van der Waals surface area contributed by atoms with Gasteiger partial charge >= 0.3 is 5.97 Å². The number of carbonyl (C=O) groups excluding carboxylic acids is 1. The van der Waals surface area contributed by atoms with Crippen molar-refractivity contribution in [3.8, 4) is 17.6 Å². The zero-order chi connectivity index (χ0) is 15.0. The van der Waals surface area contributed by atoms with E-state index in [9.17, 15) is 9.59 Å². The third-order valence-corrected chi connectivity index (χ3v) is 2.34. The second kappa shape index (κ2) is 7.63. The predicted molar refractivity (Wildman–Crippen MR) is 68.7 cm³/mol. The Morgan fingerprint density at radius 2 is 2.20 bits per heavy atom. The van der Waals surface area contributed by atoms with Crippen LogP contribution >= 0.6 is 0 Å². The monoisotopic (exact) mass is 278 g/mol. The number of amides is 1. The number of para-hydroxylation sites is 1. The largest absolute Gasteiger partial charge is 0.493 e. The van der Waals surface area contributed by atoms with E-state index in [1.807, 2.05) is 6.07 Å². The first kappa shape index (κ1) is 15.3. The maximum absolute atomic E-state index is 11.4. The molecular formula is C13H14N2O5. The second-order valence-corrected chi connectivity index (χ2v) is 3.69. The van der Waals surface area contributed by atoms with E-state index in [0.29, 0.717) is 0 Å². The van der Waals surface area contributed by atoms with Crippen molar-refractivity contribution >= 4 is 11.9 Å². The Morgan fingerprint density at radius 1 is 1.45 bits per heavy atom. The number of rotatable bonds is 7. The van der Waals surface area contributed by atoms with Crippen LogP contribution in [-0.2, 0) is 4.79 Å². The molecular weight excluding hydrogens is 264 g/mol. The Bertz CT molecular complexity index is 536. The molecule has 0 fully saturated rings. The molecule has 0 saturated heterocycles. The van der Waals surface area contributed by atoms with Crippen LogP contribution in [0.2, 0.25) is 0 Å². The third-order valence-electron chi connectivity index (χ3n) is 2.34. The zero-order valence-corrected chi connectivity index (χ0v) is 10.9. The van der Waals surface area contributed by atoms with Crippen LogP contribution in [0.5, 0.6) is 11.5 Å². The molecule has 7 heteroatoms. The topological polar surface area (TPSA) is 109 Å². The molecule has 0 aromatic heterocycles. The Balaban J connectivity index is 2.74. The van der Waals surface area contributed by atoms with Gasteiger partial charge in [0, 0.05) is 6.54 Å². The molecule has 0 aliphatic carbocycles. The highest BCUT2D eigenvalue weighted by atomic mass is 16.5. The molecule has 0 spiro atoms. The van der Waals surface area contributed by atoms with Crippen LogP contribution in [0.4, 0.5) is 0 Å². The maximum Gasteiger partial charge on any atom is 0.339 e. The normalized spacial score (nSPS) is 9.40. The molecule has 106 valence electrons. The summed E-state index contributed by atoms with van der Waals surface area (Å²) in [4.78, 5) is 22.5. The molecule has 0 unspecified atom stereocenters. The molecule has 1 rings (SSSR count). The van der Waals surface area contributed by atoms with E-state index >= 15 is 0 Å². The number of nitrogens with one attached hydrogen (secondary N) is 1. The highest BCUT2D eigenvalue weighted by Crippen LogP contribution is 2.30. The van der Waals surface area contributed by atoms with Crippen LogP contribution in [0.25, 0.3) is 0 Å². The number of aromatic carboxylic acids is 1. The van der Waals surface area contributed by atoms with Gasteiger partial charge in [-0.15, -0.1) is 0 Å². The average Bonchev–Trinajstić information content (AvgIpc) is 2.44. The minimum absolute atomic E-state index is 0.00191.